The van der Waals surface area contributed by atoms with Crippen LogP contribution in [0.25, 0.3) is 0 Å². The average Bonchev–Trinajstić information content (AvgIpc) is 2.84. The lowest BCUT2D eigenvalue weighted by Gasteiger charge is -2.13. The molecule has 0 saturated heterocycles. The van der Waals surface area contributed by atoms with Gasteiger partial charge in [0.1, 0.15) is 11.0 Å². The quantitative estimate of drug-likeness (QED) is 0.933. The number of aromatic nitrogens is 2. The fourth-order valence-corrected chi connectivity index (χ4v) is 4.27. The molecule has 1 N–H and O–H groups in total. The van der Waals surface area contributed by atoms with Crippen molar-refractivity contribution in [3.63, 3.8) is 0 Å². The molecule has 18 heavy (non-hydrogen) atoms. The average molecular weight is 277 g/mol. The lowest BCUT2D eigenvalue weighted by atomic mass is 10.2. The summed E-state index contributed by atoms with van der Waals surface area (Å²) in [5.41, 5.74) is 4.39. The molecule has 0 bridgehead atoms. The zero-order chi connectivity index (χ0) is 11.9. The highest BCUT2D eigenvalue weighted by Gasteiger charge is 2.30. The summed E-state index contributed by atoms with van der Waals surface area (Å²) in [7, 11) is 0. The largest absolute Gasteiger partial charge is 0.300 e. The Balaban J connectivity index is 1.67. The molecule has 1 saturated carbocycles. The molecule has 2 aromatic heterocycles. The second-order valence-corrected chi connectivity index (χ2v) is 6.90. The van der Waals surface area contributed by atoms with E-state index in [0.29, 0.717) is 6.04 Å². The number of rotatable bonds is 4. The highest BCUT2D eigenvalue weighted by atomic mass is 32.1. The molecular formula is C13H15N3S2. The van der Waals surface area contributed by atoms with Gasteiger partial charge in [-0.25, -0.2) is 9.97 Å². The van der Waals surface area contributed by atoms with E-state index in [9.17, 15) is 0 Å². The molecule has 1 atom stereocenters. The summed E-state index contributed by atoms with van der Waals surface area (Å²) in [5.74, 6) is 0. The summed E-state index contributed by atoms with van der Waals surface area (Å²) in [6.07, 6.45) is 6.27. The van der Waals surface area contributed by atoms with Crippen molar-refractivity contribution in [2.45, 2.75) is 44.2 Å². The van der Waals surface area contributed by atoms with Crippen LogP contribution >= 0.6 is 22.7 Å². The van der Waals surface area contributed by atoms with Crippen LogP contribution in [0.1, 0.15) is 46.6 Å². The van der Waals surface area contributed by atoms with E-state index in [0.717, 1.165) is 5.69 Å². The van der Waals surface area contributed by atoms with Crippen LogP contribution in [-0.2, 0) is 12.8 Å². The van der Waals surface area contributed by atoms with Crippen LogP contribution in [0.15, 0.2) is 10.9 Å². The summed E-state index contributed by atoms with van der Waals surface area (Å²) in [6.45, 7) is 0. The van der Waals surface area contributed by atoms with E-state index in [1.165, 1.54) is 47.7 Å². The molecule has 5 heteroatoms. The van der Waals surface area contributed by atoms with Crippen molar-refractivity contribution in [3.8, 4) is 0 Å². The van der Waals surface area contributed by atoms with Gasteiger partial charge in [-0.05, 0) is 32.1 Å². The van der Waals surface area contributed by atoms with E-state index >= 15 is 0 Å². The highest BCUT2D eigenvalue weighted by molar-refractivity contribution is 7.12. The lowest BCUT2D eigenvalue weighted by Crippen LogP contribution is -2.24. The maximum Gasteiger partial charge on any atom is 0.116 e. The van der Waals surface area contributed by atoms with Gasteiger partial charge in [-0.1, -0.05) is 0 Å². The normalized spacial score (nSPS) is 20.0. The number of hydrogen-bond acceptors (Lipinski definition) is 5. The number of aryl methyl sites for hydroxylation is 2. The van der Waals surface area contributed by atoms with Crippen LogP contribution in [0, 0.1) is 0 Å². The lowest BCUT2D eigenvalue weighted by molar-refractivity contribution is 0.586. The standard InChI is InChI=1S/C13H15N3S2/c1-2-9-11(3-1)18-13(16-9)12(15-8-4-5-8)10-6-17-7-14-10/h6-8,12,15H,1-5H2. The Morgan fingerprint density at radius 1 is 1.33 bits per heavy atom. The van der Waals surface area contributed by atoms with Crippen LogP contribution in [0.5, 0.6) is 0 Å². The third kappa shape index (κ3) is 2.00. The molecule has 0 radical (unpaired) electrons. The zero-order valence-electron chi connectivity index (χ0n) is 10.1. The molecule has 94 valence electrons. The van der Waals surface area contributed by atoms with Gasteiger partial charge < -0.3 is 5.32 Å². The summed E-state index contributed by atoms with van der Waals surface area (Å²) in [5, 5.41) is 7.06. The number of nitrogens with zero attached hydrogens (tertiary/aromatic N) is 2. The van der Waals surface area contributed by atoms with Crippen molar-refractivity contribution in [2.24, 2.45) is 0 Å². The summed E-state index contributed by atoms with van der Waals surface area (Å²) >= 11 is 3.56. The van der Waals surface area contributed by atoms with Crippen molar-refractivity contribution in [1.82, 2.24) is 15.3 Å². The number of hydrogen-bond donors (Lipinski definition) is 1. The molecule has 1 fully saturated rings. The Morgan fingerprint density at radius 2 is 2.28 bits per heavy atom. The Kier molecular flexibility index (Phi) is 2.71. The first-order valence-corrected chi connectivity index (χ1v) is 8.28. The summed E-state index contributed by atoms with van der Waals surface area (Å²) < 4.78 is 0. The molecule has 3 nitrogen and oxygen atoms in total. The smallest absolute Gasteiger partial charge is 0.116 e. The fraction of sp³-hybridized carbons (Fsp3) is 0.538. The van der Waals surface area contributed by atoms with Gasteiger partial charge in [-0.2, -0.15) is 0 Å². The van der Waals surface area contributed by atoms with Gasteiger partial charge in [-0.15, -0.1) is 22.7 Å². The number of nitrogens with one attached hydrogen (secondary N) is 1. The van der Waals surface area contributed by atoms with Crippen LogP contribution in [0.3, 0.4) is 0 Å². The Labute approximate surface area is 114 Å². The van der Waals surface area contributed by atoms with Crippen LogP contribution in [0.4, 0.5) is 0 Å². The van der Waals surface area contributed by atoms with Gasteiger partial charge in [0.15, 0.2) is 0 Å². The van der Waals surface area contributed by atoms with Crippen molar-refractivity contribution in [1.29, 1.82) is 0 Å². The van der Waals surface area contributed by atoms with Gasteiger partial charge in [0.25, 0.3) is 0 Å². The minimum absolute atomic E-state index is 0.222. The maximum atomic E-state index is 4.85. The molecule has 2 heterocycles. The molecule has 0 amide bonds. The first-order chi connectivity index (χ1) is 8.90. The van der Waals surface area contributed by atoms with Crippen LogP contribution in [0.2, 0.25) is 0 Å². The fourth-order valence-electron chi connectivity index (χ4n) is 2.47. The molecule has 0 spiro atoms. The summed E-state index contributed by atoms with van der Waals surface area (Å²) in [6, 6.07) is 0.898. The maximum absolute atomic E-state index is 4.85. The first kappa shape index (κ1) is 11.1. The molecule has 2 aromatic rings. The molecule has 4 rings (SSSR count). The van der Waals surface area contributed by atoms with Crippen molar-refractivity contribution < 1.29 is 0 Å². The summed E-state index contributed by atoms with van der Waals surface area (Å²) in [4.78, 5) is 10.8. The minimum Gasteiger partial charge on any atom is -0.300 e. The van der Waals surface area contributed by atoms with Crippen molar-refractivity contribution in [2.75, 3.05) is 0 Å². The van der Waals surface area contributed by atoms with Crippen LogP contribution in [-0.4, -0.2) is 16.0 Å². The zero-order valence-corrected chi connectivity index (χ0v) is 11.7. The van der Waals surface area contributed by atoms with E-state index in [1.54, 1.807) is 11.3 Å². The van der Waals surface area contributed by atoms with Gasteiger partial charge in [0.05, 0.1) is 16.9 Å². The van der Waals surface area contributed by atoms with Crippen molar-refractivity contribution >= 4 is 22.7 Å². The number of thiazole rings is 2. The van der Waals surface area contributed by atoms with E-state index in [4.69, 9.17) is 4.98 Å². The molecular weight excluding hydrogens is 262 g/mol. The Hall–Kier alpha value is -0.780. The molecule has 1 unspecified atom stereocenters. The van der Waals surface area contributed by atoms with Crippen LogP contribution < -0.4 is 5.32 Å². The Bertz CT molecular complexity index is 521. The molecule has 0 aromatic carbocycles. The van der Waals surface area contributed by atoms with Gasteiger partial charge >= 0.3 is 0 Å². The van der Waals surface area contributed by atoms with Crippen molar-refractivity contribution in [3.05, 3.63) is 32.2 Å². The second-order valence-electron chi connectivity index (χ2n) is 5.06. The molecule has 2 aliphatic carbocycles. The van der Waals surface area contributed by atoms with Gasteiger partial charge in [0, 0.05) is 16.3 Å². The topological polar surface area (TPSA) is 37.8 Å². The molecule has 0 aliphatic heterocycles. The predicted molar refractivity (Wildman–Crippen MR) is 74.3 cm³/mol. The Morgan fingerprint density at radius 3 is 3.00 bits per heavy atom. The van der Waals surface area contributed by atoms with E-state index < -0.39 is 0 Å². The SMILES string of the molecule is c1nc(C(NC2CC2)c2nc3c(s2)CCC3)cs1. The van der Waals surface area contributed by atoms with Gasteiger partial charge in [0.2, 0.25) is 0 Å². The molecule has 2 aliphatic rings. The minimum atomic E-state index is 0.222. The van der Waals surface area contributed by atoms with E-state index in [1.807, 2.05) is 16.8 Å². The van der Waals surface area contributed by atoms with E-state index in [-0.39, 0.29) is 6.04 Å². The first-order valence-electron chi connectivity index (χ1n) is 6.53. The van der Waals surface area contributed by atoms with Gasteiger partial charge in [-0.3, -0.25) is 0 Å². The monoisotopic (exact) mass is 277 g/mol. The predicted octanol–water partition coefficient (Wildman–Crippen LogP) is 2.93. The third-order valence-corrected chi connectivity index (χ3v) is 5.41. The van der Waals surface area contributed by atoms with E-state index in [2.05, 4.69) is 15.7 Å². The number of fused-ring (bicyclic) bond motifs is 1. The highest BCUT2D eigenvalue weighted by Crippen LogP contribution is 2.35. The second kappa shape index (κ2) is 4.40. The third-order valence-electron chi connectivity index (χ3n) is 3.59.